The maximum atomic E-state index is 12.6. The zero-order chi connectivity index (χ0) is 21.6. The van der Waals surface area contributed by atoms with Gasteiger partial charge in [0.25, 0.3) is 0 Å². The third-order valence-electron chi connectivity index (χ3n) is 5.74. The molecule has 8 nitrogen and oxygen atoms in total. The van der Waals surface area contributed by atoms with Gasteiger partial charge in [-0.15, -0.1) is 0 Å². The molecule has 4 rings (SSSR count). The van der Waals surface area contributed by atoms with Crippen LogP contribution in [0.4, 0.5) is 4.79 Å². The van der Waals surface area contributed by atoms with E-state index in [0.717, 1.165) is 43.8 Å². The van der Waals surface area contributed by atoms with Crippen molar-refractivity contribution in [2.75, 3.05) is 46.3 Å². The lowest BCUT2D eigenvalue weighted by Crippen LogP contribution is -2.49. The first-order valence-corrected chi connectivity index (χ1v) is 10.7. The summed E-state index contributed by atoms with van der Waals surface area (Å²) in [7, 11) is 2.13. The molecule has 1 aliphatic heterocycles. The Morgan fingerprint density at radius 2 is 1.74 bits per heavy atom. The number of aromatic nitrogens is 1. The molecule has 0 saturated carbocycles. The van der Waals surface area contributed by atoms with E-state index in [2.05, 4.69) is 27.5 Å². The van der Waals surface area contributed by atoms with Crippen LogP contribution >= 0.6 is 0 Å². The van der Waals surface area contributed by atoms with Gasteiger partial charge in [0.2, 0.25) is 0 Å². The molecule has 0 aliphatic carbocycles. The number of nitrogens with zero attached hydrogens (tertiary/aromatic N) is 3. The van der Waals surface area contributed by atoms with Gasteiger partial charge in [-0.25, -0.2) is 9.59 Å². The van der Waals surface area contributed by atoms with Gasteiger partial charge in [-0.05, 0) is 24.7 Å². The Hall–Kier alpha value is -3.10. The number of urea groups is 1. The topological polar surface area (TPSA) is 82.8 Å². The standard InChI is InChI=1S/C23H29N5O3/c1-26-13-15-27(16-14-26)17-19(18-7-3-2-4-8-18)25-22(29)24-11-12-28-20-9-5-6-10-21(20)31-23(28)30/h2-10,19H,11-17H2,1H3,(H2,24,25,29). The first-order valence-electron chi connectivity index (χ1n) is 10.7. The molecule has 2 N–H and O–H groups in total. The summed E-state index contributed by atoms with van der Waals surface area (Å²) in [4.78, 5) is 29.4. The molecule has 1 aromatic heterocycles. The average molecular weight is 424 g/mol. The molecule has 1 aliphatic rings. The van der Waals surface area contributed by atoms with Crippen molar-refractivity contribution in [3.8, 4) is 0 Å². The van der Waals surface area contributed by atoms with Crippen molar-refractivity contribution < 1.29 is 9.21 Å². The number of amides is 2. The first kappa shape index (κ1) is 21.1. The van der Waals surface area contributed by atoms with Crippen molar-refractivity contribution in [2.24, 2.45) is 0 Å². The Bertz CT molecular complexity index is 1050. The van der Waals surface area contributed by atoms with Crippen LogP contribution in [-0.2, 0) is 6.54 Å². The van der Waals surface area contributed by atoms with Crippen LogP contribution in [0.3, 0.4) is 0 Å². The molecular formula is C23H29N5O3. The summed E-state index contributed by atoms with van der Waals surface area (Å²) < 4.78 is 6.78. The van der Waals surface area contributed by atoms with Crippen molar-refractivity contribution >= 4 is 17.1 Å². The Labute approximate surface area is 181 Å². The molecule has 8 heteroatoms. The molecule has 0 radical (unpaired) electrons. The van der Waals surface area contributed by atoms with Crippen LogP contribution in [-0.4, -0.2) is 66.7 Å². The molecule has 164 valence electrons. The van der Waals surface area contributed by atoms with Crippen molar-refractivity contribution in [3.63, 3.8) is 0 Å². The molecule has 1 saturated heterocycles. The lowest BCUT2D eigenvalue weighted by atomic mass is 10.1. The third-order valence-corrected chi connectivity index (χ3v) is 5.74. The first-order chi connectivity index (χ1) is 15.1. The van der Waals surface area contributed by atoms with Gasteiger partial charge in [0.1, 0.15) is 0 Å². The second-order valence-electron chi connectivity index (χ2n) is 7.95. The number of piperazine rings is 1. The molecule has 0 bridgehead atoms. The van der Waals surface area contributed by atoms with Crippen LogP contribution in [0.5, 0.6) is 0 Å². The fourth-order valence-electron chi connectivity index (χ4n) is 3.92. The number of likely N-dealkylation sites (N-methyl/N-ethyl adjacent to an activating group) is 1. The monoisotopic (exact) mass is 423 g/mol. The molecule has 1 unspecified atom stereocenters. The lowest BCUT2D eigenvalue weighted by molar-refractivity contribution is 0.142. The Balaban J connectivity index is 1.35. The Morgan fingerprint density at radius 3 is 2.52 bits per heavy atom. The summed E-state index contributed by atoms with van der Waals surface area (Å²) in [5, 5.41) is 5.99. The molecule has 31 heavy (non-hydrogen) atoms. The van der Waals surface area contributed by atoms with E-state index in [0.29, 0.717) is 18.7 Å². The summed E-state index contributed by atoms with van der Waals surface area (Å²) in [6.07, 6.45) is 0. The number of rotatable bonds is 7. The number of para-hydroxylation sites is 2. The van der Waals surface area contributed by atoms with E-state index < -0.39 is 5.76 Å². The zero-order valence-corrected chi connectivity index (χ0v) is 17.8. The number of benzene rings is 2. The molecule has 2 amide bonds. The van der Waals surface area contributed by atoms with E-state index in [4.69, 9.17) is 4.42 Å². The van der Waals surface area contributed by atoms with Gasteiger partial charge in [-0.2, -0.15) is 0 Å². The zero-order valence-electron chi connectivity index (χ0n) is 17.8. The van der Waals surface area contributed by atoms with E-state index in [-0.39, 0.29) is 12.1 Å². The van der Waals surface area contributed by atoms with Gasteiger partial charge in [-0.3, -0.25) is 9.47 Å². The fraction of sp³-hybridized carbons (Fsp3) is 0.391. The van der Waals surface area contributed by atoms with E-state index in [1.165, 1.54) is 4.57 Å². The molecular weight excluding hydrogens is 394 g/mol. The number of hydrogen-bond acceptors (Lipinski definition) is 5. The normalized spacial score (nSPS) is 16.3. The fourth-order valence-corrected chi connectivity index (χ4v) is 3.92. The van der Waals surface area contributed by atoms with Gasteiger partial charge < -0.3 is 20.0 Å². The third kappa shape index (κ3) is 5.34. The largest absolute Gasteiger partial charge is 0.420 e. The lowest BCUT2D eigenvalue weighted by Gasteiger charge is -2.35. The molecule has 1 atom stereocenters. The maximum Gasteiger partial charge on any atom is 0.420 e. The van der Waals surface area contributed by atoms with Gasteiger partial charge in [0, 0.05) is 45.8 Å². The van der Waals surface area contributed by atoms with E-state index in [1.54, 1.807) is 6.07 Å². The highest BCUT2D eigenvalue weighted by Crippen LogP contribution is 2.15. The van der Waals surface area contributed by atoms with Crippen LogP contribution in [0.2, 0.25) is 0 Å². The molecule has 3 aromatic rings. The summed E-state index contributed by atoms with van der Waals surface area (Å²) >= 11 is 0. The summed E-state index contributed by atoms with van der Waals surface area (Å²) in [6, 6.07) is 17.0. The highest BCUT2D eigenvalue weighted by atomic mass is 16.4. The second kappa shape index (κ2) is 9.80. The highest BCUT2D eigenvalue weighted by Gasteiger charge is 2.21. The van der Waals surface area contributed by atoms with Gasteiger partial charge >= 0.3 is 11.8 Å². The predicted molar refractivity (Wildman–Crippen MR) is 120 cm³/mol. The van der Waals surface area contributed by atoms with Crippen LogP contribution in [0.25, 0.3) is 11.1 Å². The van der Waals surface area contributed by atoms with Crippen LogP contribution in [0.1, 0.15) is 11.6 Å². The molecule has 2 aromatic carbocycles. The van der Waals surface area contributed by atoms with Crippen molar-refractivity contribution in [3.05, 3.63) is 70.7 Å². The van der Waals surface area contributed by atoms with Gasteiger partial charge in [0.05, 0.1) is 11.6 Å². The summed E-state index contributed by atoms with van der Waals surface area (Å²) in [6.45, 7) is 5.46. The van der Waals surface area contributed by atoms with Gasteiger partial charge in [-0.1, -0.05) is 42.5 Å². The minimum atomic E-state index is -0.416. The second-order valence-corrected chi connectivity index (χ2v) is 7.95. The molecule has 1 fully saturated rings. The number of carbonyl (C=O) groups excluding carboxylic acids is 1. The quantitative estimate of drug-likeness (QED) is 0.606. The van der Waals surface area contributed by atoms with Crippen LogP contribution in [0, 0.1) is 0 Å². The van der Waals surface area contributed by atoms with Crippen molar-refractivity contribution in [1.82, 2.24) is 25.0 Å². The van der Waals surface area contributed by atoms with E-state index in [1.807, 2.05) is 48.5 Å². The summed E-state index contributed by atoms with van der Waals surface area (Å²) in [5.41, 5.74) is 2.36. The van der Waals surface area contributed by atoms with Gasteiger partial charge in [0.15, 0.2) is 5.58 Å². The SMILES string of the molecule is CN1CCN(CC(NC(=O)NCCn2c(=O)oc3ccccc32)c2ccccc2)CC1. The summed E-state index contributed by atoms with van der Waals surface area (Å²) in [5.74, 6) is -0.416. The highest BCUT2D eigenvalue weighted by molar-refractivity contribution is 5.74. The Morgan fingerprint density at radius 1 is 1.03 bits per heavy atom. The van der Waals surface area contributed by atoms with Crippen molar-refractivity contribution in [2.45, 2.75) is 12.6 Å². The average Bonchev–Trinajstić information content (AvgIpc) is 3.10. The minimum absolute atomic E-state index is 0.109. The number of nitrogens with one attached hydrogen (secondary N) is 2. The number of hydrogen-bond donors (Lipinski definition) is 2. The van der Waals surface area contributed by atoms with E-state index in [9.17, 15) is 9.59 Å². The number of carbonyl (C=O) groups is 1. The van der Waals surface area contributed by atoms with Crippen LogP contribution in [0.15, 0.2) is 63.8 Å². The predicted octanol–water partition coefficient (Wildman–Crippen LogP) is 1.88. The van der Waals surface area contributed by atoms with E-state index >= 15 is 0 Å². The molecule has 2 heterocycles. The van der Waals surface area contributed by atoms with Crippen LogP contribution < -0.4 is 16.4 Å². The molecule has 0 spiro atoms. The Kier molecular flexibility index (Phi) is 6.69. The smallest absolute Gasteiger partial charge is 0.408 e. The minimum Gasteiger partial charge on any atom is -0.408 e. The maximum absolute atomic E-state index is 12.6. The number of oxazole rings is 1. The number of fused-ring (bicyclic) bond motifs is 1. The van der Waals surface area contributed by atoms with Crippen molar-refractivity contribution in [1.29, 1.82) is 0 Å².